The van der Waals surface area contributed by atoms with Crippen LogP contribution >= 0.6 is 11.3 Å². The van der Waals surface area contributed by atoms with Crippen molar-refractivity contribution in [2.24, 2.45) is 0 Å². The number of anilines is 3. The summed E-state index contributed by atoms with van der Waals surface area (Å²) in [5.41, 5.74) is 2.06. The highest BCUT2D eigenvalue weighted by Crippen LogP contribution is 2.47. The fraction of sp³-hybridized carbons (Fsp3) is 0.290. The molecule has 2 N–H and O–H groups in total. The molecule has 0 aliphatic carbocycles. The summed E-state index contributed by atoms with van der Waals surface area (Å²) in [7, 11) is 0. The monoisotopic (exact) mass is 585 g/mol. The number of hydrogen-bond donors (Lipinski definition) is 2. The molecule has 42 heavy (non-hydrogen) atoms. The number of likely N-dealkylation sites (tertiary alicyclic amines) is 1. The van der Waals surface area contributed by atoms with E-state index in [1.807, 2.05) is 55.5 Å². The quantitative estimate of drug-likeness (QED) is 0.266. The molecule has 4 amide bonds. The molecule has 2 aromatic heterocycles. The molecule has 11 heteroatoms. The van der Waals surface area contributed by atoms with Crippen molar-refractivity contribution in [1.82, 2.24) is 15.2 Å². The summed E-state index contributed by atoms with van der Waals surface area (Å²) >= 11 is 1.25. The number of ether oxygens (including phenoxy) is 2. The van der Waals surface area contributed by atoms with Crippen LogP contribution in [-0.2, 0) is 4.74 Å². The number of aryl methyl sites for hydroxylation is 1. The highest BCUT2D eigenvalue weighted by atomic mass is 32.1. The molecule has 0 unspecified atom stereocenters. The predicted molar refractivity (Wildman–Crippen MR) is 162 cm³/mol. The Balaban J connectivity index is 1.25. The number of carbonyl (C=O) groups excluding carboxylic acids is 3. The largest absolute Gasteiger partial charge is 0.457 e. The number of nitrogens with zero attached hydrogens (tertiary/aromatic N) is 3. The lowest BCUT2D eigenvalue weighted by molar-refractivity contribution is 0.0502. The Bertz CT molecular complexity index is 1700. The van der Waals surface area contributed by atoms with Crippen molar-refractivity contribution in [3.63, 3.8) is 0 Å². The Morgan fingerprint density at radius 3 is 2.60 bits per heavy atom. The number of nitrogens with one attached hydrogen (secondary N) is 2. The number of carbonyl (C=O) groups is 3. The second-order valence-corrected chi connectivity index (χ2v) is 12.3. The van der Waals surface area contributed by atoms with Crippen LogP contribution in [0.25, 0.3) is 10.2 Å². The van der Waals surface area contributed by atoms with Crippen LogP contribution in [0.5, 0.6) is 11.5 Å². The first-order valence-electron chi connectivity index (χ1n) is 13.7. The molecule has 2 aliphatic heterocycles. The maximum absolute atomic E-state index is 13.7. The van der Waals surface area contributed by atoms with Gasteiger partial charge in [0, 0.05) is 19.3 Å². The van der Waals surface area contributed by atoms with Crippen LogP contribution in [-0.4, -0.2) is 52.6 Å². The van der Waals surface area contributed by atoms with Gasteiger partial charge in [-0.3, -0.25) is 9.69 Å². The fourth-order valence-electron chi connectivity index (χ4n) is 5.22. The number of para-hydroxylation sites is 1. The van der Waals surface area contributed by atoms with Crippen LogP contribution in [0.3, 0.4) is 0 Å². The first kappa shape index (κ1) is 27.5. The molecule has 1 saturated heterocycles. The first-order valence-corrected chi connectivity index (χ1v) is 14.5. The highest BCUT2D eigenvalue weighted by Gasteiger charge is 2.36. The van der Waals surface area contributed by atoms with Crippen LogP contribution in [0.1, 0.15) is 42.4 Å². The average Bonchev–Trinajstić information content (AvgIpc) is 3.54. The summed E-state index contributed by atoms with van der Waals surface area (Å²) in [5.74, 6) is 1.18. The second kappa shape index (κ2) is 10.6. The van der Waals surface area contributed by atoms with E-state index in [9.17, 15) is 14.4 Å². The Labute approximate surface area is 247 Å². The molecule has 4 heterocycles. The van der Waals surface area contributed by atoms with E-state index in [1.54, 1.807) is 42.8 Å². The van der Waals surface area contributed by atoms with Gasteiger partial charge in [0.2, 0.25) is 0 Å². The van der Waals surface area contributed by atoms with E-state index < -0.39 is 11.7 Å². The van der Waals surface area contributed by atoms with Crippen molar-refractivity contribution in [3.05, 3.63) is 71.2 Å². The minimum Gasteiger partial charge on any atom is -0.457 e. The fourth-order valence-corrected chi connectivity index (χ4v) is 6.31. The minimum absolute atomic E-state index is 0.209. The number of amides is 4. The van der Waals surface area contributed by atoms with Gasteiger partial charge in [-0.2, -0.15) is 0 Å². The third-order valence-electron chi connectivity index (χ3n) is 7.02. The van der Waals surface area contributed by atoms with E-state index in [0.717, 1.165) is 16.7 Å². The number of benzene rings is 2. The van der Waals surface area contributed by atoms with Gasteiger partial charge in [-0.1, -0.05) is 18.2 Å². The zero-order valence-electron chi connectivity index (χ0n) is 23.8. The lowest BCUT2D eigenvalue weighted by atomic mass is 10.1. The molecule has 6 rings (SSSR count). The highest BCUT2D eigenvalue weighted by molar-refractivity contribution is 7.21. The number of aromatic nitrogens is 1. The standard InChI is InChI=1S/C31H31N5O5S/c1-18-16-21(40-20-8-6-5-7-9-20)10-11-22(18)36-23-12-14-32-27-24(23)25(34-29(36)38)26(42-27)28(37)35-15-13-19(17-35)33-30(39)41-31(2,3)4/h5-12,14,16,19H,13,15,17H2,1-4H3,(H,33,39)(H,34,38)/t19-/m0/s1. The number of pyridine rings is 1. The van der Waals surface area contributed by atoms with Crippen molar-refractivity contribution >= 4 is 56.6 Å². The van der Waals surface area contributed by atoms with E-state index in [4.69, 9.17) is 9.47 Å². The molecule has 216 valence electrons. The van der Waals surface area contributed by atoms with E-state index in [0.29, 0.717) is 52.0 Å². The Morgan fingerprint density at radius 2 is 1.86 bits per heavy atom. The SMILES string of the molecule is Cc1cc(Oc2ccccc2)ccc1N1C(=O)Nc2c(C(=O)N3CC[C@H](NC(=O)OC(C)(C)C)C3)sc3nccc1c23. The summed E-state index contributed by atoms with van der Waals surface area (Å²) in [5, 5.41) is 6.54. The van der Waals surface area contributed by atoms with E-state index in [-0.39, 0.29) is 18.0 Å². The molecular formula is C31H31N5O5S. The molecule has 0 saturated carbocycles. The lowest BCUT2D eigenvalue weighted by Crippen LogP contribution is -2.41. The molecule has 1 atom stereocenters. The minimum atomic E-state index is -0.606. The van der Waals surface area contributed by atoms with Crippen LogP contribution in [0.15, 0.2) is 60.8 Å². The number of thiophene rings is 1. The predicted octanol–water partition coefficient (Wildman–Crippen LogP) is 6.82. The maximum Gasteiger partial charge on any atom is 0.407 e. The first-order chi connectivity index (χ1) is 20.1. The van der Waals surface area contributed by atoms with E-state index in [1.165, 1.54) is 11.3 Å². The molecular weight excluding hydrogens is 554 g/mol. The topological polar surface area (TPSA) is 113 Å². The van der Waals surface area contributed by atoms with Crippen molar-refractivity contribution in [1.29, 1.82) is 0 Å². The number of hydrogen-bond acceptors (Lipinski definition) is 7. The number of urea groups is 1. The third kappa shape index (κ3) is 5.35. The molecule has 0 bridgehead atoms. The van der Waals surface area contributed by atoms with E-state index in [2.05, 4.69) is 15.6 Å². The van der Waals surface area contributed by atoms with Gasteiger partial charge in [0.1, 0.15) is 26.8 Å². The van der Waals surface area contributed by atoms with Crippen LogP contribution in [0, 0.1) is 6.92 Å². The number of alkyl carbamates (subject to hydrolysis) is 1. The van der Waals surface area contributed by atoms with Gasteiger partial charge in [0.25, 0.3) is 5.91 Å². The van der Waals surface area contributed by atoms with Crippen molar-refractivity contribution < 1.29 is 23.9 Å². The van der Waals surface area contributed by atoms with Crippen molar-refractivity contribution in [2.45, 2.75) is 45.8 Å². The van der Waals surface area contributed by atoms with Crippen molar-refractivity contribution in [3.8, 4) is 11.5 Å². The van der Waals surface area contributed by atoms with Crippen LogP contribution in [0.2, 0.25) is 0 Å². The Hall–Kier alpha value is -4.64. The van der Waals surface area contributed by atoms with Gasteiger partial charge in [0.05, 0.1) is 28.5 Å². The third-order valence-corrected chi connectivity index (χ3v) is 8.11. The van der Waals surface area contributed by atoms with Crippen LogP contribution in [0.4, 0.5) is 26.7 Å². The second-order valence-electron chi connectivity index (χ2n) is 11.3. The summed E-state index contributed by atoms with van der Waals surface area (Å²) in [6, 6.07) is 16.3. The normalized spacial score (nSPS) is 16.4. The van der Waals surface area contributed by atoms with Gasteiger partial charge >= 0.3 is 12.1 Å². The smallest absolute Gasteiger partial charge is 0.407 e. The maximum atomic E-state index is 13.7. The zero-order valence-corrected chi connectivity index (χ0v) is 24.6. The van der Waals surface area contributed by atoms with Gasteiger partial charge in [-0.25, -0.2) is 14.6 Å². The lowest BCUT2D eigenvalue weighted by Gasteiger charge is -2.30. The van der Waals surface area contributed by atoms with Gasteiger partial charge in [-0.15, -0.1) is 11.3 Å². The average molecular weight is 586 g/mol. The molecule has 4 aromatic rings. The van der Waals surface area contributed by atoms with Gasteiger partial charge in [0.15, 0.2) is 0 Å². The zero-order chi connectivity index (χ0) is 29.6. The summed E-state index contributed by atoms with van der Waals surface area (Å²) in [6.45, 7) is 8.16. The molecule has 0 radical (unpaired) electrons. The molecule has 2 aliphatic rings. The summed E-state index contributed by atoms with van der Waals surface area (Å²) < 4.78 is 11.3. The Morgan fingerprint density at radius 1 is 1.07 bits per heavy atom. The number of rotatable bonds is 5. The molecule has 2 aromatic carbocycles. The van der Waals surface area contributed by atoms with Gasteiger partial charge in [-0.05, 0) is 76.1 Å². The Kier molecular flexibility index (Phi) is 6.97. The van der Waals surface area contributed by atoms with Crippen molar-refractivity contribution in [2.75, 3.05) is 23.3 Å². The van der Waals surface area contributed by atoms with Crippen LogP contribution < -0.4 is 20.3 Å². The molecule has 1 fully saturated rings. The van der Waals surface area contributed by atoms with Gasteiger partial charge < -0.3 is 25.0 Å². The summed E-state index contributed by atoms with van der Waals surface area (Å²) in [6.07, 6.45) is 1.75. The molecule has 10 nitrogen and oxygen atoms in total. The molecule has 0 spiro atoms. The summed E-state index contributed by atoms with van der Waals surface area (Å²) in [4.78, 5) is 48.4. The van der Waals surface area contributed by atoms with E-state index >= 15 is 0 Å².